The third kappa shape index (κ3) is 8.25. The third-order valence-corrected chi connectivity index (χ3v) is 8.41. The van der Waals surface area contributed by atoms with E-state index in [1.165, 1.54) is 36.1 Å². The minimum Gasteiger partial charge on any atom is -0.350 e. The third-order valence-electron chi connectivity index (χ3n) is 6.29. The van der Waals surface area contributed by atoms with Gasteiger partial charge in [-0.1, -0.05) is 59.6 Å². The second kappa shape index (κ2) is 12.7. The smallest absolute Gasteiger partial charge is 0.350 e. The number of benzene rings is 3. The van der Waals surface area contributed by atoms with Crippen LogP contribution in [-0.4, -0.2) is 43.3 Å². The molecule has 3 rings (SSSR count). The maximum absolute atomic E-state index is 13.9. The summed E-state index contributed by atoms with van der Waals surface area (Å²) in [4.78, 5) is 28.0. The molecule has 2 amide bonds. The molecule has 0 spiro atoms. The molecule has 0 heterocycles. The van der Waals surface area contributed by atoms with E-state index in [0.717, 1.165) is 17.7 Å². The van der Waals surface area contributed by atoms with E-state index in [1.807, 2.05) is 0 Å². The maximum atomic E-state index is 13.9. The zero-order valence-electron chi connectivity index (χ0n) is 23.9. The summed E-state index contributed by atoms with van der Waals surface area (Å²) in [7, 11) is -4.55. The van der Waals surface area contributed by atoms with Crippen LogP contribution in [0.3, 0.4) is 0 Å². The number of alkyl halides is 3. The Kier molecular flexibility index (Phi) is 10.00. The molecule has 1 atom stereocenters. The summed E-state index contributed by atoms with van der Waals surface area (Å²) in [5.74, 6) is -1.28. The van der Waals surface area contributed by atoms with Gasteiger partial charge in [0.05, 0.1) is 21.2 Å². The molecule has 3 aromatic rings. The number of rotatable bonds is 9. The lowest BCUT2D eigenvalue weighted by atomic mass is 10.1. The SMILES string of the molecule is Cc1ccc(S(=O)(=O)N(CC(=O)N(Cc2ccccc2)C(C)C(=O)NC(C)(C)C)c2ccc(Cl)c(C(F)(F)F)c2)cc1. The number of sulfonamides is 1. The van der Waals surface area contributed by atoms with Gasteiger partial charge in [-0.2, -0.15) is 13.2 Å². The van der Waals surface area contributed by atoms with Crippen molar-refractivity contribution in [3.8, 4) is 0 Å². The van der Waals surface area contributed by atoms with Gasteiger partial charge < -0.3 is 10.2 Å². The van der Waals surface area contributed by atoms with E-state index in [-0.39, 0.29) is 11.4 Å². The molecule has 0 aliphatic carbocycles. The normalized spacial score (nSPS) is 12.9. The molecular formula is C30H33ClF3N3O4S. The molecule has 0 aliphatic rings. The average Bonchev–Trinajstić information content (AvgIpc) is 2.89. The minimum atomic E-state index is -4.88. The first-order chi connectivity index (χ1) is 19.4. The molecule has 12 heteroatoms. The number of nitrogens with one attached hydrogen (secondary N) is 1. The lowest BCUT2D eigenvalue weighted by molar-refractivity contribution is -0.140. The Labute approximate surface area is 249 Å². The van der Waals surface area contributed by atoms with E-state index in [1.54, 1.807) is 58.0 Å². The summed E-state index contributed by atoms with van der Waals surface area (Å²) in [6, 6.07) is 16.0. The second-order valence-electron chi connectivity index (χ2n) is 10.9. The number of halogens is 4. The van der Waals surface area contributed by atoms with Crippen LogP contribution in [0.1, 0.15) is 44.4 Å². The van der Waals surface area contributed by atoms with Gasteiger partial charge >= 0.3 is 6.18 Å². The molecule has 1 unspecified atom stereocenters. The monoisotopic (exact) mass is 623 g/mol. The Balaban J connectivity index is 2.12. The zero-order chi connectivity index (χ0) is 31.5. The fraction of sp³-hybridized carbons (Fsp3) is 0.333. The molecule has 3 aromatic carbocycles. The molecule has 0 aliphatic heterocycles. The fourth-order valence-corrected chi connectivity index (χ4v) is 5.72. The van der Waals surface area contributed by atoms with Gasteiger partial charge in [0, 0.05) is 12.1 Å². The predicted octanol–water partition coefficient (Wildman–Crippen LogP) is 6.19. The highest BCUT2D eigenvalue weighted by molar-refractivity contribution is 7.92. The van der Waals surface area contributed by atoms with Crippen molar-refractivity contribution in [1.82, 2.24) is 10.2 Å². The topological polar surface area (TPSA) is 86.8 Å². The Morgan fingerprint density at radius 1 is 0.952 bits per heavy atom. The Morgan fingerprint density at radius 3 is 2.10 bits per heavy atom. The van der Waals surface area contributed by atoms with E-state index in [9.17, 15) is 31.2 Å². The van der Waals surface area contributed by atoms with Gasteiger partial charge in [-0.15, -0.1) is 0 Å². The number of hydrogen-bond acceptors (Lipinski definition) is 4. The quantitative estimate of drug-likeness (QED) is 0.308. The number of carbonyl (C=O) groups is 2. The molecule has 0 bridgehead atoms. The van der Waals surface area contributed by atoms with Crippen molar-refractivity contribution in [3.63, 3.8) is 0 Å². The van der Waals surface area contributed by atoms with Crippen molar-refractivity contribution in [3.05, 3.63) is 94.5 Å². The summed E-state index contributed by atoms with van der Waals surface area (Å²) >= 11 is 5.80. The van der Waals surface area contributed by atoms with Gasteiger partial charge in [-0.05, 0) is 70.5 Å². The molecule has 0 radical (unpaired) electrons. The van der Waals surface area contributed by atoms with Crippen molar-refractivity contribution >= 4 is 39.1 Å². The maximum Gasteiger partial charge on any atom is 0.417 e. The predicted molar refractivity (Wildman–Crippen MR) is 157 cm³/mol. The molecule has 0 aromatic heterocycles. The van der Waals surface area contributed by atoms with Crippen LogP contribution < -0.4 is 9.62 Å². The van der Waals surface area contributed by atoms with Gasteiger partial charge in [0.2, 0.25) is 11.8 Å². The van der Waals surface area contributed by atoms with Crippen LogP contribution in [0.5, 0.6) is 0 Å². The van der Waals surface area contributed by atoms with Gasteiger partial charge in [0.15, 0.2) is 0 Å². The fourth-order valence-electron chi connectivity index (χ4n) is 4.09. The molecule has 0 saturated heterocycles. The van der Waals surface area contributed by atoms with Crippen molar-refractivity contribution in [2.24, 2.45) is 0 Å². The lowest BCUT2D eigenvalue weighted by Gasteiger charge is -2.33. The van der Waals surface area contributed by atoms with E-state index in [4.69, 9.17) is 11.6 Å². The Bertz CT molecular complexity index is 1520. The lowest BCUT2D eigenvalue weighted by Crippen LogP contribution is -2.54. The number of aryl methyl sites for hydroxylation is 1. The molecule has 0 saturated carbocycles. The molecule has 1 N–H and O–H groups in total. The second-order valence-corrected chi connectivity index (χ2v) is 13.2. The largest absolute Gasteiger partial charge is 0.417 e. The number of nitrogens with zero attached hydrogens (tertiary/aromatic N) is 2. The summed E-state index contributed by atoms with van der Waals surface area (Å²) in [5.41, 5.74) is -0.857. The summed E-state index contributed by atoms with van der Waals surface area (Å²) in [5, 5.41) is 2.19. The number of amides is 2. The first-order valence-corrected chi connectivity index (χ1v) is 14.8. The van der Waals surface area contributed by atoms with Crippen LogP contribution in [0.2, 0.25) is 5.02 Å². The van der Waals surface area contributed by atoms with Gasteiger partial charge in [0.1, 0.15) is 12.6 Å². The van der Waals surface area contributed by atoms with E-state index in [0.29, 0.717) is 15.9 Å². The molecule has 7 nitrogen and oxygen atoms in total. The Morgan fingerprint density at radius 2 is 1.55 bits per heavy atom. The van der Waals surface area contributed by atoms with Crippen LogP contribution in [0.25, 0.3) is 0 Å². The summed E-state index contributed by atoms with van der Waals surface area (Å²) in [6.07, 6.45) is -4.88. The molecule has 226 valence electrons. The Hall–Kier alpha value is -3.57. The van der Waals surface area contributed by atoms with Crippen LogP contribution in [0, 0.1) is 6.92 Å². The van der Waals surface area contributed by atoms with Crippen LogP contribution in [0.15, 0.2) is 77.7 Å². The number of hydrogen-bond donors (Lipinski definition) is 1. The van der Waals surface area contributed by atoms with Crippen LogP contribution >= 0.6 is 11.6 Å². The van der Waals surface area contributed by atoms with Gasteiger partial charge in [-0.3, -0.25) is 13.9 Å². The summed E-state index contributed by atoms with van der Waals surface area (Å²) < 4.78 is 69.6. The number of anilines is 1. The van der Waals surface area contributed by atoms with E-state index < -0.39 is 62.4 Å². The van der Waals surface area contributed by atoms with Gasteiger partial charge in [0.25, 0.3) is 10.0 Å². The van der Waals surface area contributed by atoms with E-state index in [2.05, 4.69) is 5.32 Å². The first kappa shape index (κ1) is 32.9. The molecular weight excluding hydrogens is 591 g/mol. The first-order valence-electron chi connectivity index (χ1n) is 13.0. The van der Waals surface area contributed by atoms with Crippen LogP contribution in [-0.2, 0) is 32.3 Å². The standard InChI is InChI=1S/C30H33ClF3N3O4S/c1-20-11-14-24(15-12-20)42(40,41)37(23-13-16-26(31)25(17-23)30(32,33)34)19-27(38)36(18-22-9-7-6-8-10-22)21(2)28(39)35-29(3,4)5/h6-17,21H,18-19H2,1-5H3,(H,35,39). The van der Waals surface area contributed by atoms with E-state index >= 15 is 0 Å². The summed E-state index contributed by atoms with van der Waals surface area (Å²) in [6.45, 7) is 7.64. The van der Waals surface area contributed by atoms with Crippen molar-refractivity contribution in [2.75, 3.05) is 10.8 Å². The molecule has 42 heavy (non-hydrogen) atoms. The van der Waals surface area contributed by atoms with Crippen LogP contribution in [0.4, 0.5) is 18.9 Å². The zero-order valence-corrected chi connectivity index (χ0v) is 25.4. The van der Waals surface area contributed by atoms with Gasteiger partial charge in [-0.25, -0.2) is 8.42 Å². The highest BCUT2D eigenvalue weighted by atomic mass is 35.5. The van der Waals surface area contributed by atoms with Crippen molar-refractivity contribution in [1.29, 1.82) is 0 Å². The number of carbonyl (C=O) groups excluding carboxylic acids is 2. The highest BCUT2D eigenvalue weighted by Gasteiger charge is 2.37. The average molecular weight is 624 g/mol. The molecule has 0 fully saturated rings. The minimum absolute atomic E-state index is 0.0504. The van der Waals surface area contributed by atoms with Crippen molar-refractivity contribution in [2.45, 2.75) is 63.8 Å². The highest BCUT2D eigenvalue weighted by Crippen LogP contribution is 2.38. The van der Waals surface area contributed by atoms with Crippen molar-refractivity contribution < 1.29 is 31.2 Å².